The number of fused-ring (bicyclic) bond motifs is 1. The van der Waals surface area contributed by atoms with E-state index in [9.17, 15) is 14.4 Å². The summed E-state index contributed by atoms with van der Waals surface area (Å²) in [6.07, 6.45) is 2.42. The number of H-pyrrole nitrogens is 1. The number of amides is 2. The van der Waals surface area contributed by atoms with E-state index in [0.29, 0.717) is 29.6 Å². The van der Waals surface area contributed by atoms with Gasteiger partial charge in [0, 0.05) is 28.6 Å². The maximum atomic E-state index is 12.9. The van der Waals surface area contributed by atoms with Gasteiger partial charge in [-0.05, 0) is 64.7 Å². The Balaban J connectivity index is 1.39. The van der Waals surface area contributed by atoms with E-state index in [2.05, 4.69) is 20.8 Å². The lowest BCUT2D eigenvalue weighted by Gasteiger charge is -2.29. The van der Waals surface area contributed by atoms with Crippen molar-refractivity contribution in [3.8, 4) is 11.3 Å². The molecule has 1 aliphatic rings. The van der Waals surface area contributed by atoms with Gasteiger partial charge in [-0.3, -0.25) is 9.59 Å². The van der Waals surface area contributed by atoms with E-state index < -0.39 is 11.7 Å². The molecule has 0 bridgehead atoms. The van der Waals surface area contributed by atoms with Crippen LogP contribution < -0.4 is 16.2 Å². The summed E-state index contributed by atoms with van der Waals surface area (Å²) in [6, 6.07) is 14.8. The molecule has 8 nitrogen and oxygen atoms in total. The number of rotatable bonds is 4. The molecule has 0 radical (unpaired) electrons. The zero-order valence-corrected chi connectivity index (χ0v) is 19.7. The fraction of sp³-hybridized carbons (Fsp3) is 0.385. The fourth-order valence-electron chi connectivity index (χ4n) is 4.30. The SMILES string of the molecule is CC(C)(C)OC(=O)NC1CCC(C(=O)Nc2cccc(-c3n[nH]c(=O)c4ccccc34)c2)CC1. The zero-order chi connectivity index (χ0) is 24.3. The van der Waals surface area contributed by atoms with Crippen molar-refractivity contribution < 1.29 is 14.3 Å². The second-order valence-corrected chi connectivity index (χ2v) is 9.71. The number of nitrogens with zero attached hydrogens (tertiary/aromatic N) is 1. The van der Waals surface area contributed by atoms with Gasteiger partial charge < -0.3 is 15.4 Å². The van der Waals surface area contributed by atoms with Crippen molar-refractivity contribution in [2.45, 2.75) is 58.1 Å². The summed E-state index contributed by atoms with van der Waals surface area (Å²) in [5.74, 6) is -0.153. The normalized spacial score (nSPS) is 18.3. The van der Waals surface area contributed by atoms with Crippen molar-refractivity contribution in [1.29, 1.82) is 0 Å². The molecule has 0 aliphatic heterocycles. The van der Waals surface area contributed by atoms with Gasteiger partial charge in [0.2, 0.25) is 5.91 Å². The second kappa shape index (κ2) is 9.67. The van der Waals surface area contributed by atoms with Crippen LogP contribution >= 0.6 is 0 Å². The van der Waals surface area contributed by atoms with Crippen LogP contribution in [0.1, 0.15) is 46.5 Å². The third-order valence-corrected chi connectivity index (χ3v) is 5.92. The Labute approximate surface area is 198 Å². The Kier molecular flexibility index (Phi) is 6.68. The molecule has 4 rings (SSSR count). The molecule has 0 atom stereocenters. The third-order valence-electron chi connectivity index (χ3n) is 5.92. The van der Waals surface area contributed by atoms with E-state index in [1.54, 1.807) is 6.07 Å². The average molecular weight is 463 g/mol. The topological polar surface area (TPSA) is 113 Å². The lowest BCUT2D eigenvalue weighted by atomic mass is 9.85. The first-order valence-electron chi connectivity index (χ1n) is 11.6. The smallest absolute Gasteiger partial charge is 0.407 e. The van der Waals surface area contributed by atoms with Gasteiger partial charge in [0.05, 0.1) is 11.1 Å². The van der Waals surface area contributed by atoms with E-state index in [1.165, 1.54) is 0 Å². The van der Waals surface area contributed by atoms with Gasteiger partial charge in [0.1, 0.15) is 5.60 Å². The van der Waals surface area contributed by atoms with Crippen molar-refractivity contribution in [2.24, 2.45) is 5.92 Å². The van der Waals surface area contributed by atoms with Crippen LogP contribution in [-0.4, -0.2) is 33.8 Å². The number of hydrogen-bond acceptors (Lipinski definition) is 5. The minimum Gasteiger partial charge on any atom is -0.444 e. The molecule has 1 fully saturated rings. The van der Waals surface area contributed by atoms with Gasteiger partial charge >= 0.3 is 6.09 Å². The highest BCUT2D eigenvalue weighted by Gasteiger charge is 2.28. The molecule has 178 valence electrons. The van der Waals surface area contributed by atoms with Crippen LogP contribution in [-0.2, 0) is 9.53 Å². The zero-order valence-electron chi connectivity index (χ0n) is 19.7. The average Bonchev–Trinajstić information content (AvgIpc) is 2.79. The van der Waals surface area contributed by atoms with Crippen molar-refractivity contribution in [3.63, 3.8) is 0 Å². The van der Waals surface area contributed by atoms with Crippen LogP contribution in [0.15, 0.2) is 53.3 Å². The lowest BCUT2D eigenvalue weighted by Crippen LogP contribution is -2.42. The number of anilines is 1. The van der Waals surface area contributed by atoms with Gasteiger partial charge in [-0.2, -0.15) is 5.10 Å². The van der Waals surface area contributed by atoms with E-state index in [-0.39, 0.29) is 23.4 Å². The number of carbonyl (C=O) groups excluding carboxylic acids is 2. The van der Waals surface area contributed by atoms with Gasteiger partial charge in [0.25, 0.3) is 5.56 Å². The number of aromatic amines is 1. The molecule has 1 saturated carbocycles. The number of alkyl carbamates (subject to hydrolysis) is 1. The summed E-state index contributed by atoms with van der Waals surface area (Å²) in [5, 5.41) is 14.0. The molecule has 2 aromatic carbocycles. The number of aromatic nitrogens is 2. The maximum absolute atomic E-state index is 12.9. The highest BCUT2D eigenvalue weighted by Crippen LogP contribution is 2.29. The predicted octanol–water partition coefficient (Wildman–Crippen LogP) is 4.61. The van der Waals surface area contributed by atoms with Crippen LogP contribution in [0.25, 0.3) is 22.0 Å². The standard InChI is InChI=1S/C26H30N4O4/c1-26(2,3)34-25(33)28-18-13-11-16(12-14-18)23(31)27-19-8-6-7-17(15-19)22-20-9-4-5-10-21(20)24(32)30-29-22/h4-10,15-16,18H,11-14H2,1-3H3,(H,27,31)(H,28,33)(H,30,32). The number of benzene rings is 2. The molecular weight excluding hydrogens is 432 g/mol. The molecule has 3 N–H and O–H groups in total. The molecule has 34 heavy (non-hydrogen) atoms. The van der Waals surface area contributed by atoms with Gasteiger partial charge in [0.15, 0.2) is 0 Å². The Bertz CT molecular complexity index is 1250. The van der Waals surface area contributed by atoms with Crippen LogP contribution in [0.5, 0.6) is 0 Å². The predicted molar refractivity (Wildman–Crippen MR) is 132 cm³/mol. The molecule has 1 aliphatic carbocycles. The molecule has 1 aromatic heterocycles. The van der Waals surface area contributed by atoms with Crippen LogP contribution in [0.3, 0.4) is 0 Å². The van der Waals surface area contributed by atoms with Crippen LogP contribution in [0.4, 0.5) is 10.5 Å². The summed E-state index contributed by atoms with van der Waals surface area (Å²) in [5.41, 5.74) is 1.36. The monoisotopic (exact) mass is 462 g/mol. The Morgan fingerprint density at radius 3 is 2.41 bits per heavy atom. The largest absolute Gasteiger partial charge is 0.444 e. The quantitative estimate of drug-likeness (QED) is 0.524. The maximum Gasteiger partial charge on any atom is 0.407 e. The molecule has 0 spiro atoms. The number of carbonyl (C=O) groups is 2. The first-order chi connectivity index (χ1) is 16.2. The Hall–Kier alpha value is -3.68. The second-order valence-electron chi connectivity index (χ2n) is 9.71. The van der Waals surface area contributed by atoms with Gasteiger partial charge in [-0.1, -0.05) is 30.3 Å². The number of hydrogen-bond donors (Lipinski definition) is 3. The summed E-state index contributed by atoms with van der Waals surface area (Å²) in [6.45, 7) is 5.50. The molecular formula is C26H30N4O4. The molecule has 0 unspecified atom stereocenters. The van der Waals surface area contributed by atoms with E-state index in [4.69, 9.17) is 4.74 Å². The highest BCUT2D eigenvalue weighted by molar-refractivity contribution is 5.96. The van der Waals surface area contributed by atoms with Gasteiger partial charge in [-0.25, -0.2) is 9.89 Å². The first-order valence-corrected chi connectivity index (χ1v) is 11.6. The van der Waals surface area contributed by atoms with E-state index in [0.717, 1.165) is 23.8 Å². The Morgan fingerprint density at radius 1 is 1.00 bits per heavy atom. The summed E-state index contributed by atoms with van der Waals surface area (Å²) < 4.78 is 5.32. The van der Waals surface area contributed by atoms with Crippen LogP contribution in [0, 0.1) is 5.92 Å². The molecule has 0 saturated heterocycles. The summed E-state index contributed by atoms with van der Waals surface area (Å²) in [7, 11) is 0. The van der Waals surface area contributed by atoms with Crippen LogP contribution in [0.2, 0.25) is 0 Å². The molecule has 3 aromatic rings. The summed E-state index contributed by atoms with van der Waals surface area (Å²) >= 11 is 0. The number of nitrogens with one attached hydrogen (secondary N) is 3. The molecule has 8 heteroatoms. The van der Waals surface area contributed by atoms with E-state index in [1.807, 2.05) is 63.2 Å². The lowest BCUT2D eigenvalue weighted by molar-refractivity contribution is -0.120. The van der Waals surface area contributed by atoms with Crippen molar-refractivity contribution >= 4 is 28.5 Å². The van der Waals surface area contributed by atoms with Crippen molar-refractivity contribution in [2.75, 3.05) is 5.32 Å². The summed E-state index contributed by atoms with van der Waals surface area (Å²) in [4.78, 5) is 37.0. The van der Waals surface area contributed by atoms with Gasteiger partial charge in [-0.15, -0.1) is 0 Å². The molecule has 1 heterocycles. The van der Waals surface area contributed by atoms with E-state index >= 15 is 0 Å². The Morgan fingerprint density at radius 2 is 1.71 bits per heavy atom. The van der Waals surface area contributed by atoms with Crippen molar-refractivity contribution in [1.82, 2.24) is 15.5 Å². The first kappa shape index (κ1) is 23.5. The molecule has 2 amide bonds. The highest BCUT2D eigenvalue weighted by atomic mass is 16.6. The fourth-order valence-corrected chi connectivity index (χ4v) is 4.30. The number of ether oxygens (including phenoxy) is 1. The third kappa shape index (κ3) is 5.62. The van der Waals surface area contributed by atoms with Crippen molar-refractivity contribution in [3.05, 3.63) is 58.9 Å². The minimum absolute atomic E-state index is 0.0156. The minimum atomic E-state index is -0.535.